The Morgan fingerprint density at radius 1 is 1.37 bits per heavy atom. The van der Waals surface area contributed by atoms with Crippen LogP contribution in [0.3, 0.4) is 0 Å². The summed E-state index contributed by atoms with van der Waals surface area (Å²) in [6.07, 6.45) is 1.77. The number of nitrogens with zero attached hydrogens (tertiary/aromatic N) is 1. The molecule has 0 heterocycles. The second kappa shape index (κ2) is 8.29. The Kier molecular flexibility index (Phi) is 7.89. The van der Waals surface area contributed by atoms with Crippen LogP contribution in [0, 0.1) is 0 Å². The number of hydrogen-bond acceptors (Lipinski definition) is 4. The van der Waals surface area contributed by atoms with Gasteiger partial charge in [-0.25, -0.2) is 0 Å². The maximum atomic E-state index is 11.3. The summed E-state index contributed by atoms with van der Waals surface area (Å²) in [5.41, 5.74) is 0.466. The summed E-state index contributed by atoms with van der Waals surface area (Å²) >= 11 is 0. The van der Waals surface area contributed by atoms with Crippen molar-refractivity contribution in [3.63, 3.8) is 0 Å². The zero-order valence-electron chi connectivity index (χ0n) is 11.8. The van der Waals surface area contributed by atoms with E-state index >= 15 is 0 Å². The largest absolute Gasteiger partial charge is 0.352 e. The van der Waals surface area contributed by atoms with E-state index in [1.54, 1.807) is 6.92 Å². The van der Waals surface area contributed by atoms with Crippen molar-refractivity contribution >= 4 is 16.0 Å². The molecule has 0 rings (SSSR count). The van der Waals surface area contributed by atoms with Crippen LogP contribution >= 0.6 is 0 Å². The SMILES string of the molecule is C=C(C)C(=O)NCCC(CCCS(=O)(=O)O)N(C)C. The highest BCUT2D eigenvalue weighted by molar-refractivity contribution is 7.85. The molecule has 0 aliphatic rings. The Morgan fingerprint density at radius 3 is 2.37 bits per heavy atom. The average Bonchev–Trinajstić information content (AvgIpc) is 2.24. The molecule has 0 aromatic rings. The summed E-state index contributed by atoms with van der Waals surface area (Å²) in [6, 6.07) is 0.159. The first-order chi connectivity index (χ1) is 8.63. The topological polar surface area (TPSA) is 86.7 Å². The molecule has 0 spiro atoms. The molecule has 0 aromatic heterocycles. The first kappa shape index (κ1) is 18.1. The van der Waals surface area contributed by atoms with E-state index in [1.165, 1.54) is 0 Å². The standard InChI is InChI=1S/C12H24N2O4S/c1-10(2)12(15)13-8-7-11(14(3)4)6-5-9-19(16,17)18/h11H,1,5-9H2,2-4H3,(H,13,15)(H,16,17,18). The van der Waals surface area contributed by atoms with E-state index in [0.29, 0.717) is 25.0 Å². The summed E-state index contributed by atoms with van der Waals surface area (Å²) in [5, 5.41) is 2.74. The molecule has 7 heteroatoms. The highest BCUT2D eigenvalue weighted by Gasteiger charge is 2.13. The van der Waals surface area contributed by atoms with Crippen molar-refractivity contribution < 1.29 is 17.8 Å². The highest BCUT2D eigenvalue weighted by atomic mass is 32.2. The lowest BCUT2D eigenvalue weighted by Crippen LogP contribution is -2.34. The molecule has 1 unspecified atom stereocenters. The maximum Gasteiger partial charge on any atom is 0.264 e. The van der Waals surface area contributed by atoms with Gasteiger partial charge in [0.15, 0.2) is 0 Å². The van der Waals surface area contributed by atoms with Crippen LogP contribution in [0.5, 0.6) is 0 Å². The molecule has 1 amide bonds. The van der Waals surface area contributed by atoms with Crippen LogP contribution in [0.2, 0.25) is 0 Å². The van der Waals surface area contributed by atoms with E-state index in [0.717, 1.165) is 6.42 Å². The van der Waals surface area contributed by atoms with Gasteiger partial charge >= 0.3 is 0 Å². The lowest BCUT2D eigenvalue weighted by Gasteiger charge is -2.24. The van der Waals surface area contributed by atoms with Crippen molar-refractivity contribution in [3.8, 4) is 0 Å². The molecule has 6 nitrogen and oxygen atoms in total. The number of amides is 1. The van der Waals surface area contributed by atoms with Gasteiger partial charge < -0.3 is 10.2 Å². The zero-order valence-corrected chi connectivity index (χ0v) is 12.7. The van der Waals surface area contributed by atoms with Gasteiger partial charge in [0, 0.05) is 18.2 Å². The van der Waals surface area contributed by atoms with Gasteiger partial charge in [-0.05, 0) is 40.3 Å². The zero-order chi connectivity index (χ0) is 15.1. The summed E-state index contributed by atoms with van der Waals surface area (Å²) in [7, 11) is -0.0876. The van der Waals surface area contributed by atoms with Crippen molar-refractivity contribution in [3.05, 3.63) is 12.2 Å². The van der Waals surface area contributed by atoms with Gasteiger partial charge in [-0.1, -0.05) is 6.58 Å². The molecule has 2 N–H and O–H groups in total. The van der Waals surface area contributed by atoms with Crippen molar-refractivity contribution in [1.29, 1.82) is 0 Å². The van der Waals surface area contributed by atoms with Gasteiger partial charge in [-0.2, -0.15) is 8.42 Å². The Hall–Kier alpha value is -0.920. The van der Waals surface area contributed by atoms with Crippen LogP contribution in [-0.2, 0) is 14.9 Å². The third-order valence-electron chi connectivity index (χ3n) is 2.82. The van der Waals surface area contributed by atoms with Crippen molar-refractivity contribution in [2.45, 2.75) is 32.2 Å². The predicted octanol–water partition coefficient (Wildman–Crippen LogP) is 0.667. The number of rotatable bonds is 9. The lowest BCUT2D eigenvalue weighted by atomic mass is 10.1. The van der Waals surface area contributed by atoms with E-state index < -0.39 is 10.1 Å². The summed E-state index contributed by atoms with van der Waals surface area (Å²) in [5.74, 6) is -0.398. The van der Waals surface area contributed by atoms with E-state index in [4.69, 9.17) is 4.55 Å². The van der Waals surface area contributed by atoms with E-state index in [2.05, 4.69) is 11.9 Å². The van der Waals surface area contributed by atoms with Gasteiger partial charge in [0.2, 0.25) is 5.91 Å². The highest BCUT2D eigenvalue weighted by Crippen LogP contribution is 2.08. The monoisotopic (exact) mass is 292 g/mol. The average molecular weight is 292 g/mol. The third-order valence-corrected chi connectivity index (χ3v) is 3.63. The predicted molar refractivity (Wildman–Crippen MR) is 75.6 cm³/mol. The Bertz CT molecular complexity index is 404. The quantitative estimate of drug-likeness (QED) is 0.482. The van der Waals surface area contributed by atoms with Crippen LogP contribution in [0.15, 0.2) is 12.2 Å². The third kappa shape index (κ3) is 9.63. The van der Waals surface area contributed by atoms with E-state index in [1.807, 2.05) is 19.0 Å². The lowest BCUT2D eigenvalue weighted by molar-refractivity contribution is -0.117. The number of carbonyl (C=O) groups excluding carboxylic acids is 1. The minimum absolute atomic E-state index is 0.159. The number of carbonyl (C=O) groups is 1. The smallest absolute Gasteiger partial charge is 0.264 e. The van der Waals surface area contributed by atoms with Gasteiger partial charge in [0.1, 0.15) is 0 Å². The van der Waals surface area contributed by atoms with Crippen molar-refractivity contribution in [2.24, 2.45) is 0 Å². The fourth-order valence-corrected chi connectivity index (χ4v) is 2.20. The maximum absolute atomic E-state index is 11.3. The molecular weight excluding hydrogens is 268 g/mol. The molecule has 112 valence electrons. The second-order valence-corrected chi connectivity index (χ2v) is 6.44. The molecule has 0 radical (unpaired) electrons. The molecule has 0 aromatic carbocycles. The molecule has 0 aliphatic heterocycles. The van der Waals surface area contributed by atoms with Crippen molar-refractivity contribution in [2.75, 3.05) is 26.4 Å². The van der Waals surface area contributed by atoms with Crippen LogP contribution in [0.25, 0.3) is 0 Å². The van der Waals surface area contributed by atoms with Crippen LogP contribution in [0.4, 0.5) is 0 Å². The summed E-state index contributed by atoms with van der Waals surface area (Å²) in [6.45, 7) is 5.71. The second-order valence-electron chi connectivity index (χ2n) is 4.87. The van der Waals surface area contributed by atoms with Crippen LogP contribution in [-0.4, -0.2) is 56.2 Å². The fourth-order valence-electron chi connectivity index (χ4n) is 1.67. The molecule has 1 atom stereocenters. The molecular formula is C12H24N2O4S. The van der Waals surface area contributed by atoms with Crippen LogP contribution < -0.4 is 5.32 Å². The first-order valence-electron chi connectivity index (χ1n) is 6.18. The molecule has 0 aliphatic carbocycles. The fraction of sp³-hybridized carbons (Fsp3) is 0.750. The van der Waals surface area contributed by atoms with Gasteiger partial charge in [0.05, 0.1) is 5.75 Å². The van der Waals surface area contributed by atoms with Crippen molar-refractivity contribution in [1.82, 2.24) is 10.2 Å². The Labute approximate surface area is 115 Å². The summed E-state index contributed by atoms with van der Waals surface area (Å²) in [4.78, 5) is 13.3. The molecule has 19 heavy (non-hydrogen) atoms. The molecule has 0 fully saturated rings. The minimum Gasteiger partial charge on any atom is -0.352 e. The normalized spacial score (nSPS) is 13.3. The van der Waals surface area contributed by atoms with Gasteiger partial charge in [-0.3, -0.25) is 9.35 Å². The van der Waals surface area contributed by atoms with E-state index in [9.17, 15) is 13.2 Å². The summed E-state index contributed by atoms with van der Waals surface area (Å²) < 4.78 is 29.9. The molecule has 0 saturated carbocycles. The first-order valence-corrected chi connectivity index (χ1v) is 7.79. The Balaban J connectivity index is 4.07. The molecule has 0 saturated heterocycles. The Morgan fingerprint density at radius 2 is 1.95 bits per heavy atom. The van der Waals surface area contributed by atoms with Gasteiger partial charge in [0.25, 0.3) is 10.1 Å². The number of hydrogen-bond donors (Lipinski definition) is 2. The molecule has 0 bridgehead atoms. The van der Waals surface area contributed by atoms with E-state index in [-0.39, 0.29) is 17.7 Å². The van der Waals surface area contributed by atoms with Gasteiger partial charge in [-0.15, -0.1) is 0 Å². The minimum atomic E-state index is -3.89. The number of nitrogens with one attached hydrogen (secondary N) is 1. The van der Waals surface area contributed by atoms with Crippen LogP contribution in [0.1, 0.15) is 26.2 Å².